The molecule has 1 saturated heterocycles. The van der Waals surface area contributed by atoms with Crippen LogP contribution in [0, 0.1) is 0 Å². The number of nitrogens with one attached hydrogen (secondary N) is 3. The highest BCUT2D eigenvalue weighted by Gasteiger charge is 2.20. The van der Waals surface area contributed by atoms with Gasteiger partial charge in [-0.1, -0.05) is 30.2 Å². The predicted molar refractivity (Wildman–Crippen MR) is 94.5 cm³/mol. The van der Waals surface area contributed by atoms with Gasteiger partial charge in [0.2, 0.25) is 0 Å². The number of halogens is 1. The van der Waals surface area contributed by atoms with Crippen molar-refractivity contribution < 1.29 is 9.53 Å². The van der Waals surface area contributed by atoms with Crippen molar-refractivity contribution in [1.29, 1.82) is 0 Å². The molecule has 0 saturated carbocycles. The molecule has 2 heterocycles. The largest absolute Gasteiger partial charge is 0.462 e. The smallest absolute Gasteiger partial charge is 0.346 e. The molecule has 3 N–H and O–H groups in total. The van der Waals surface area contributed by atoms with Crippen molar-refractivity contribution >= 4 is 17.6 Å². The van der Waals surface area contributed by atoms with Gasteiger partial charge in [-0.2, -0.15) is 0 Å². The van der Waals surface area contributed by atoms with Crippen LogP contribution in [0.25, 0.3) is 11.3 Å². The Labute approximate surface area is 145 Å². The Bertz CT molecular complexity index is 691. The number of H-pyrrole nitrogens is 2. The zero-order valence-electron chi connectivity index (χ0n) is 13.7. The molecule has 2 aromatic rings. The lowest BCUT2D eigenvalue weighted by Gasteiger charge is -2.08. The van der Waals surface area contributed by atoms with Gasteiger partial charge in [-0.25, -0.2) is 4.79 Å². The van der Waals surface area contributed by atoms with E-state index in [1.54, 1.807) is 31.2 Å². The van der Waals surface area contributed by atoms with E-state index in [9.17, 15) is 9.59 Å². The highest BCUT2D eigenvalue weighted by Crippen LogP contribution is 2.21. The fraction of sp³-hybridized carbons (Fsp3) is 0.412. The molecule has 6 nitrogen and oxygen atoms in total. The summed E-state index contributed by atoms with van der Waals surface area (Å²) in [4.78, 5) is 23.3. The first-order chi connectivity index (χ1) is 11.6. The number of rotatable bonds is 3. The van der Waals surface area contributed by atoms with Gasteiger partial charge in [0.1, 0.15) is 0 Å². The lowest BCUT2D eigenvalue weighted by Crippen LogP contribution is -2.21. The van der Waals surface area contributed by atoms with Crippen molar-refractivity contribution in [2.45, 2.75) is 26.2 Å². The summed E-state index contributed by atoms with van der Waals surface area (Å²) in [5.41, 5.74) is 0.550. The first-order valence-corrected chi connectivity index (χ1v) is 8.45. The minimum absolute atomic E-state index is 0.0285. The summed E-state index contributed by atoms with van der Waals surface area (Å²) in [6, 6.07) is 6.78. The predicted octanol–water partition coefficient (Wildman–Crippen LogP) is 2.96. The molecule has 130 valence electrons. The number of piperidine rings is 1. The average Bonchev–Trinajstić information content (AvgIpc) is 2.99. The Morgan fingerprint density at radius 2 is 1.79 bits per heavy atom. The molecule has 1 aromatic carbocycles. The van der Waals surface area contributed by atoms with Crippen LogP contribution in [0.5, 0.6) is 0 Å². The molecule has 3 rings (SSSR count). The summed E-state index contributed by atoms with van der Waals surface area (Å²) in [5, 5.41) is 8.91. The maximum absolute atomic E-state index is 11.7. The van der Waals surface area contributed by atoms with Gasteiger partial charge >= 0.3 is 5.97 Å². The molecule has 0 radical (unpaired) electrons. The third-order valence-corrected chi connectivity index (χ3v) is 3.85. The zero-order valence-corrected chi connectivity index (χ0v) is 14.4. The minimum atomic E-state index is -0.648. The summed E-state index contributed by atoms with van der Waals surface area (Å²) >= 11 is 5.79. The number of carbonyl (C=O) groups is 1. The molecule has 0 unspecified atom stereocenters. The summed E-state index contributed by atoms with van der Waals surface area (Å²) in [6.45, 7) is 4.39. The van der Waals surface area contributed by atoms with Gasteiger partial charge in [0.25, 0.3) is 5.56 Å². The first-order valence-electron chi connectivity index (χ1n) is 8.08. The molecule has 24 heavy (non-hydrogen) atoms. The van der Waals surface area contributed by atoms with Gasteiger partial charge in [-0.05, 0) is 45.0 Å². The Morgan fingerprint density at radius 3 is 2.29 bits per heavy atom. The van der Waals surface area contributed by atoms with E-state index in [-0.39, 0.29) is 12.2 Å². The number of hydrogen-bond donors (Lipinski definition) is 3. The van der Waals surface area contributed by atoms with Crippen molar-refractivity contribution in [3.8, 4) is 11.3 Å². The van der Waals surface area contributed by atoms with E-state index in [0.29, 0.717) is 16.3 Å². The molecule has 7 heteroatoms. The third kappa shape index (κ3) is 4.97. The van der Waals surface area contributed by atoms with E-state index < -0.39 is 11.5 Å². The van der Waals surface area contributed by atoms with Crippen molar-refractivity contribution in [2.75, 3.05) is 19.7 Å². The van der Waals surface area contributed by atoms with Gasteiger partial charge in [0.05, 0.1) is 12.3 Å². The average molecular weight is 352 g/mol. The maximum Gasteiger partial charge on any atom is 0.346 e. The maximum atomic E-state index is 11.7. The van der Waals surface area contributed by atoms with Crippen LogP contribution in [0.1, 0.15) is 36.5 Å². The quantitative estimate of drug-likeness (QED) is 0.742. The fourth-order valence-electron chi connectivity index (χ4n) is 2.39. The van der Waals surface area contributed by atoms with E-state index >= 15 is 0 Å². The Hall–Kier alpha value is -2.05. The molecule has 1 aliphatic heterocycles. The molecular formula is C17H22ClN3O3. The van der Waals surface area contributed by atoms with Crippen molar-refractivity contribution in [1.82, 2.24) is 15.5 Å². The van der Waals surface area contributed by atoms with Crippen molar-refractivity contribution in [2.24, 2.45) is 0 Å². The zero-order chi connectivity index (χ0) is 17.4. The van der Waals surface area contributed by atoms with E-state index in [1.807, 2.05) is 0 Å². The van der Waals surface area contributed by atoms with Crippen LogP contribution in [0.3, 0.4) is 0 Å². The summed E-state index contributed by atoms with van der Waals surface area (Å²) < 4.78 is 4.85. The van der Waals surface area contributed by atoms with Crippen LogP contribution in [0.2, 0.25) is 5.02 Å². The van der Waals surface area contributed by atoms with Gasteiger partial charge in [0, 0.05) is 10.6 Å². The van der Waals surface area contributed by atoms with Crippen LogP contribution in [0.4, 0.5) is 0 Å². The fourth-order valence-corrected chi connectivity index (χ4v) is 2.52. The van der Waals surface area contributed by atoms with Crippen LogP contribution in [0.15, 0.2) is 29.1 Å². The number of hydrogen-bond acceptors (Lipinski definition) is 4. The monoisotopic (exact) mass is 351 g/mol. The molecule has 0 spiro atoms. The molecule has 1 fully saturated rings. The molecule has 0 amide bonds. The third-order valence-electron chi connectivity index (χ3n) is 3.60. The number of ether oxygens (including phenoxy) is 1. The second-order valence-corrected chi connectivity index (χ2v) is 5.80. The SMILES string of the molecule is C1CCNCC1.CCOC(=O)c1c(-c2ccc(Cl)cc2)[nH][nH]c1=O. The molecule has 1 aromatic heterocycles. The molecule has 1 aliphatic rings. The van der Waals surface area contributed by atoms with Crippen LogP contribution < -0.4 is 10.9 Å². The standard InChI is InChI=1S/C12H11ClN2O3.C5H11N/c1-2-18-12(17)9-10(14-15-11(9)16)7-3-5-8(13)6-4-7;1-2-4-6-5-3-1/h3-6H,2H2,1H3,(H2,14,15,16);6H,1-5H2. The Kier molecular flexibility index (Phi) is 7.08. The lowest BCUT2D eigenvalue weighted by atomic mass is 10.1. The summed E-state index contributed by atoms with van der Waals surface area (Å²) in [5.74, 6) is -0.648. The summed E-state index contributed by atoms with van der Waals surface area (Å²) in [7, 11) is 0. The highest BCUT2D eigenvalue weighted by molar-refractivity contribution is 6.30. The van der Waals surface area contributed by atoms with E-state index in [0.717, 1.165) is 0 Å². The summed E-state index contributed by atoms with van der Waals surface area (Å²) in [6.07, 6.45) is 4.22. The number of carbonyl (C=O) groups excluding carboxylic acids is 1. The van der Waals surface area contributed by atoms with Crippen LogP contribution in [-0.2, 0) is 4.74 Å². The van der Waals surface area contributed by atoms with Crippen LogP contribution in [-0.4, -0.2) is 35.9 Å². The van der Waals surface area contributed by atoms with E-state index in [4.69, 9.17) is 16.3 Å². The van der Waals surface area contributed by atoms with E-state index in [2.05, 4.69) is 15.5 Å². The molecular weight excluding hydrogens is 330 g/mol. The Balaban J connectivity index is 0.000000292. The topological polar surface area (TPSA) is 87.0 Å². The normalized spacial score (nSPS) is 13.8. The number of aromatic amines is 2. The van der Waals surface area contributed by atoms with Crippen molar-refractivity contribution in [3.63, 3.8) is 0 Å². The van der Waals surface area contributed by atoms with Gasteiger partial charge < -0.3 is 10.1 Å². The lowest BCUT2D eigenvalue weighted by molar-refractivity contribution is 0.0526. The van der Waals surface area contributed by atoms with E-state index in [1.165, 1.54) is 32.4 Å². The second-order valence-electron chi connectivity index (χ2n) is 5.37. The number of aromatic nitrogens is 2. The van der Waals surface area contributed by atoms with Gasteiger partial charge in [-0.15, -0.1) is 0 Å². The van der Waals surface area contributed by atoms with Gasteiger partial charge in [-0.3, -0.25) is 15.0 Å². The number of esters is 1. The van der Waals surface area contributed by atoms with Gasteiger partial charge in [0.15, 0.2) is 5.56 Å². The van der Waals surface area contributed by atoms with Crippen LogP contribution >= 0.6 is 11.6 Å². The number of benzene rings is 1. The highest BCUT2D eigenvalue weighted by atomic mass is 35.5. The first kappa shape index (κ1) is 18.3. The molecule has 0 atom stereocenters. The Morgan fingerprint density at radius 1 is 1.12 bits per heavy atom. The molecule has 0 aliphatic carbocycles. The minimum Gasteiger partial charge on any atom is -0.462 e. The molecule has 0 bridgehead atoms. The second kappa shape index (κ2) is 9.30. The van der Waals surface area contributed by atoms with Crippen molar-refractivity contribution in [3.05, 3.63) is 45.2 Å².